The van der Waals surface area contributed by atoms with E-state index in [2.05, 4.69) is 6.92 Å². The molecule has 3 heteroatoms. The Morgan fingerprint density at radius 3 is 2.55 bits per heavy atom. The standard InChI is InChI=1S/C8H15FO2/c1-2-3-4-5-6-7(9)8(10)11/h7H,2-6H2,1H3,(H,10,11)/t7-/m0/s1. The number of unbranched alkanes of at least 4 members (excludes halogenated alkanes) is 3. The molecule has 0 amide bonds. The maximum absolute atomic E-state index is 12.4. The predicted molar refractivity (Wildman–Crippen MR) is 41.3 cm³/mol. The molecule has 0 rings (SSSR count). The van der Waals surface area contributed by atoms with Gasteiger partial charge in [0.25, 0.3) is 0 Å². The molecule has 66 valence electrons. The average molecular weight is 162 g/mol. The largest absolute Gasteiger partial charge is 0.479 e. The summed E-state index contributed by atoms with van der Waals surface area (Å²) in [7, 11) is 0. The van der Waals surface area contributed by atoms with Gasteiger partial charge in [0.15, 0.2) is 6.17 Å². The third kappa shape index (κ3) is 5.83. The lowest BCUT2D eigenvalue weighted by Crippen LogP contribution is -2.13. The Morgan fingerprint density at radius 2 is 2.09 bits per heavy atom. The third-order valence-corrected chi connectivity index (χ3v) is 1.58. The summed E-state index contributed by atoms with van der Waals surface area (Å²) in [5.41, 5.74) is 0. The van der Waals surface area contributed by atoms with Crippen molar-refractivity contribution in [2.75, 3.05) is 0 Å². The number of carboxylic acid groups (broad SMARTS) is 1. The van der Waals surface area contributed by atoms with E-state index in [1.54, 1.807) is 0 Å². The smallest absolute Gasteiger partial charge is 0.338 e. The van der Waals surface area contributed by atoms with Crippen molar-refractivity contribution in [3.8, 4) is 0 Å². The van der Waals surface area contributed by atoms with Crippen molar-refractivity contribution in [1.29, 1.82) is 0 Å². The molecule has 0 heterocycles. The van der Waals surface area contributed by atoms with Crippen molar-refractivity contribution < 1.29 is 14.3 Å². The predicted octanol–water partition coefficient (Wildman–Crippen LogP) is 2.38. The zero-order chi connectivity index (χ0) is 8.69. The molecule has 0 aliphatic carbocycles. The SMILES string of the molecule is CCCCCC[C@H](F)C(=O)O. The number of halogens is 1. The first kappa shape index (κ1) is 10.4. The first-order chi connectivity index (χ1) is 5.18. The summed E-state index contributed by atoms with van der Waals surface area (Å²) in [6, 6.07) is 0. The van der Waals surface area contributed by atoms with E-state index in [1.807, 2.05) is 0 Å². The Balaban J connectivity index is 3.17. The topological polar surface area (TPSA) is 37.3 Å². The van der Waals surface area contributed by atoms with Gasteiger partial charge in [-0.2, -0.15) is 0 Å². The molecular formula is C8H15FO2. The second-order valence-electron chi connectivity index (χ2n) is 2.66. The van der Waals surface area contributed by atoms with Crippen LogP contribution in [0.15, 0.2) is 0 Å². The van der Waals surface area contributed by atoms with Gasteiger partial charge >= 0.3 is 5.97 Å². The van der Waals surface area contributed by atoms with E-state index in [0.29, 0.717) is 6.42 Å². The first-order valence-corrected chi connectivity index (χ1v) is 4.05. The monoisotopic (exact) mass is 162 g/mol. The molecule has 0 spiro atoms. The van der Waals surface area contributed by atoms with Gasteiger partial charge in [-0.25, -0.2) is 9.18 Å². The molecule has 0 aromatic heterocycles. The highest BCUT2D eigenvalue weighted by atomic mass is 19.1. The second kappa shape index (κ2) is 6.13. The van der Waals surface area contributed by atoms with E-state index < -0.39 is 12.1 Å². The zero-order valence-electron chi connectivity index (χ0n) is 6.85. The molecule has 0 fully saturated rings. The van der Waals surface area contributed by atoms with Gasteiger partial charge in [0.05, 0.1) is 0 Å². The number of carbonyl (C=O) groups is 1. The van der Waals surface area contributed by atoms with Gasteiger partial charge in [0, 0.05) is 0 Å². The summed E-state index contributed by atoms with van der Waals surface area (Å²) < 4.78 is 12.4. The van der Waals surface area contributed by atoms with Crippen molar-refractivity contribution in [3.63, 3.8) is 0 Å². The number of alkyl halides is 1. The summed E-state index contributed by atoms with van der Waals surface area (Å²) in [5.74, 6) is -1.33. The van der Waals surface area contributed by atoms with Crippen LogP contribution in [0.5, 0.6) is 0 Å². The van der Waals surface area contributed by atoms with E-state index in [-0.39, 0.29) is 6.42 Å². The van der Waals surface area contributed by atoms with Crippen LogP contribution in [0.3, 0.4) is 0 Å². The summed E-state index contributed by atoms with van der Waals surface area (Å²) >= 11 is 0. The molecule has 0 aliphatic rings. The van der Waals surface area contributed by atoms with E-state index in [1.165, 1.54) is 0 Å². The third-order valence-electron chi connectivity index (χ3n) is 1.58. The molecule has 2 nitrogen and oxygen atoms in total. The van der Waals surface area contributed by atoms with Gasteiger partial charge in [-0.1, -0.05) is 26.2 Å². The van der Waals surface area contributed by atoms with Crippen LogP contribution in [-0.2, 0) is 4.79 Å². The van der Waals surface area contributed by atoms with E-state index >= 15 is 0 Å². The number of rotatable bonds is 6. The minimum absolute atomic E-state index is 0.162. The van der Waals surface area contributed by atoms with Crippen molar-refractivity contribution in [2.45, 2.75) is 45.2 Å². The average Bonchev–Trinajstić information content (AvgIpc) is 1.97. The van der Waals surface area contributed by atoms with Crippen LogP contribution in [-0.4, -0.2) is 17.2 Å². The zero-order valence-corrected chi connectivity index (χ0v) is 6.85. The summed E-state index contributed by atoms with van der Waals surface area (Å²) in [5, 5.41) is 8.16. The second-order valence-corrected chi connectivity index (χ2v) is 2.66. The number of aliphatic carboxylic acids is 1. The minimum atomic E-state index is -1.66. The quantitative estimate of drug-likeness (QED) is 0.609. The lowest BCUT2D eigenvalue weighted by Gasteiger charge is -2.01. The molecule has 0 saturated carbocycles. The summed E-state index contributed by atoms with van der Waals surface area (Å²) in [4.78, 5) is 9.99. The van der Waals surface area contributed by atoms with Crippen molar-refractivity contribution in [2.24, 2.45) is 0 Å². The molecule has 0 aliphatic heterocycles. The van der Waals surface area contributed by atoms with Gasteiger partial charge in [-0.3, -0.25) is 0 Å². The summed E-state index contributed by atoms with van der Waals surface area (Å²) in [6.07, 6.45) is 2.27. The van der Waals surface area contributed by atoms with Crippen molar-refractivity contribution in [1.82, 2.24) is 0 Å². The normalized spacial score (nSPS) is 12.9. The fourth-order valence-corrected chi connectivity index (χ4v) is 0.874. The highest BCUT2D eigenvalue weighted by molar-refractivity contribution is 5.71. The Bertz CT molecular complexity index is 115. The van der Waals surface area contributed by atoms with Crippen molar-refractivity contribution in [3.05, 3.63) is 0 Å². The van der Waals surface area contributed by atoms with Crippen LogP contribution < -0.4 is 0 Å². The highest BCUT2D eigenvalue weighted by Crippen LogP contribution is 2.07. The van der Waals surface area contributed by atoms with Crippen LogP contribution in [0.1, 0.15) is 39.0 Å². The van der Waals surface area contributed by atoms with Gasteiger partial charge < -0.3 is 5.11 Å². The Morgan fingerprint density at radius 1 is 1.45 bits per heavy atom. The molecule has 0 bridgehead atoms. The van der Waals surface area contributed by atoms with Crippen LogP contribution in [0.4, 0.5) is 4.39 Å². The highest BCUT2D eigenvalue weighted by Gasteiger charge is 2.13. The van der Waals surface area contributed by atoms with Crippen LogP contribution in [0.25, 0.3) is 0 Å². The Hall–Kier alpha value is -0.600. The maximum Gasteiger partial charge on any atom is 0.338 e. The van der Waals surface area contributed by atoms with Gasteiger partial charge in [0.1, 0.15) is 0 Å². The van der Waals surface area contributed by atoms with E-state index in [0.717, 1.165) is 19.3 Å². The lowest BCUT2D eigenvalue weighted by molar-refractivity contribution is -0.143. The minimum Gasteiger partial charge on any atom is -0.479 e. The van der Waals surface area contributed by atoms with Gasteiger partial charge in [-0.05, 0) is 12.8 Å². The molecule has 0 unspecified atom stereocenters. The van der Waals surface area contributed by atoms with Gasteiger partial charge in [-0.15, -0.1) is 0 Å². The van der Waals surface area contributed by atoms with Crippen LogP contribution in [0, 0.1) is 0 Å². The number of hydrogen-bond acceptors (Lipinski definition) is 1. The molecule has 0 aromatic rings. The molecule has 0 aromatic carbocycles. The Kier molecular flexibility index (Phi) is 5.80. The molecule has 1 N–H and O–H groups in total. The van der Waals surface area contributed by atoms with Crippen LogP contribution >= 0.6 is 0 Å². The number of hydrogen-bond donors (Lipinski definition) is 1. The lowest BCUT2D eigenvalue weighted by atomic mass is 10.1. The molecular weight excluding hydrogens is 147 g/mol. The molecule has 0 radical (unpaired) electrons. The van der Waals surface area contributed by atoms with E-state index in [4.69, 9.17) is 5.11 Å². The van der Waals surface area contributed by atoms with E-state index in [9.17, 15) is 9.18 Å². The van der Waals surface area contributed by atoms with Crippen molar-refractivity contribution >= 4 is 5.97 Å². The number of carboxylic acids is 1. The molecule has 11 heavy (non-hydrogen) atoms. The Labute approximate surface area is 66.4 Å². The summed E-state index contributed by atoms with van der Waals surface area (Å²) in [6.45, 7) is 2.06. The maximum atomic E-state index is 12.4. The first-order valence-electron chi connectivity index (χ1n) is 4.05. The van der Waals surface area contributed by atoms with Gasteiger partial charge in [0.2, 0.25) is 0 Å². The fraction of sp³-hybridized carbons (Fsp3) is 0.875. The van der Waals surface area contributed by atoms with Crippen LogP contribution in [0.2, 0.25) is 0 Å². The molecule has 1 atom stereocenters. The molecule has 0 saturated heterocycles. The fourth-order valence-electron chi connectivity index (χ4n) is 0.874.